The normalized spacial score (nSPS) is 12.4. The van der Waals surface area contributed by atoms with Crippen LogP contribution in [0.4, 0.5) is 0 Å². The lowest BCUT2D eigenvalue weighted by molar-refractivity contribution is 0.538. The fourth-order valence-corrected chi connectivity index (χ4v) is 2.36. The van der Waals surface area contributed by atoms with E-state index in [2.05, 4.69) is 31.3 Å². The molecule has 2 aromatic rings. The van der Waals surface area contributed by atoms with E-state index in [1.165, 1.54) is 0 Å². The molecule has 2 rings (SSSR count). The van der Waals surface area contributed by atoms with E-state index in [9.17, 15) is 0 Å². The Morgan fingerprint density at radius 1 is 1.44 bits per heavy atom. The topological polar surface area (TPSA) is 63.8 Å². The SMILES string of the molecule is NNC(Cc1cncc(Br)c1)c1ncccc1Cl. The zero-order valence-electron chi connectivity index (χ0n) is 9.48. The monoisotopic (exact) mass is 326 g/mol. The van der Waals surface area contributed by atoms with Crippen LogP contribution in [-0.4, -0.2) is 9.97 Å². The van der Waals surface area contributed by atoms with Gasteiger partial charge in [0.2, 0.25) is 0 Å². The highest BCUT2D eigenvalue weighted by atomic mass is 79.9. The van der Waals surface area contributed by atoms with Crippen molar-refractivity contribution in [3.8, 4) is 0 Å². The van der Waals surface area contributed by atoms with Gasteiger partial charge in [0.05, 0.1) is 16.8 Å². The summed E-state index contributed by atoms with van der Waals surface area (Å²) >= 11 is 9.50. The van der Waals surface area contributed by atoms with E-state index in [1.54, 1.807) is 30.7 Å². The van der Waals surface area contributed by atoms with E-state index < -0.39 is 0 Å². The van der Waals surface area contributed by atoms with E-state index in [4.69, 9.17) is 17.4 Å². The Morgan fingerprint density at radius 2 is 2.28 bits per heavy atom. The minimum absolute atomic E-state index is 0.144. The molecule has 0 aromatic carbocycles. The molecule has 0 spiro atoms. The Hall–Kier alpha value is -1.01. The highest BCUT2D eigenvalue weighted by molar-refractivity contribution is 9.10. The van der Waals surface area contributed by atoms with Crippen molar-refractivity contribution in [1.82, 2.24) is 15.4 Å². The molecule has 0 radical (unpaired) electrons. The number of hydrogen-bond donors (Lipinski definition) is 2. The van der Waals surface area contributed by atoms with Gasteiger partial charge in [0.1, 0.15) is 0 Å². The Balaban J connectivity index is 2.23. The van der Waals surface area contributed by atoms with Crippen LogP contribution in [0, 0.1) is 0 Å². The molecule has 0 saturated heterocycles. The molecule has 0 bridgehead atoms. The summed E-state index contributed by atoms with van der Waals surface area (Å²) < 4.78 is 0.933. The van der Waals surface area contributed by atoms with Gasteiger partial charge in [0.15, 0.2) is 0 Å². The summed E-state index contributed by atoms with van der Waals surface area (Å²) in [6.45, 7) is 0. The third-order valence-corrected chi connectivity index (χ3v) is 3.27. The van der Waals surface area contributed by atoms with Crippen LogP contribution in [0.25, 0.3) is 0 Å². The summed E-state index contributed by atoms with van der Waals surface area (Å²) in [6, 6.07) is 5.44. The predicted octanol–water partition coefficient (Wildman–Crippen LogP) is 2.64. The molecule has 6 heteroatoms. The van der Waals surface area contributed by atoms with E-state index in [0.717, 1.165) is 15.7 Å². The van der Waals surface area contributed by atoms with Crippen LogP contribution in [0.15, 0.2) is 41.3 Å². The minimum atomic E-state index is -0.144. The molecule has 0 fully saturated rings. The molecular weight excluding hydrogens is 316 g/mol. The van der Waals surface area contributed by atoms with Gasteiger partial charge in [-0.2, -0.15) is 0 Å². The number of nitrogens with two attached hydrogens (primary N) is 1. The number of aromatic nitrogens is 2. The van der Waals surface area contributed by atoms with Crippen molar-refractivity contribution in [3.05, 3.63) is 57.5 Å². The quantitative estimate of drug-likeness (QED) is 0.669. The standard InChI is InChI=1S/C12H12BrClN4/c13-9-4-8(6-16-7-9)5-11(18-15)12-10(14)2-1-3-17-12/h1-4,6-7,11,18H,5,15H2. The van der Waals surface area contributed by atoms with Crippen LogP contribution < -0.4 is 11.3 Å². The lowest BCUT2D eigenvalue weighted by atomic mass is 10.0. The van der Waals surface area contributed by atoms with Gasteiger partial charge in [0, 0.05) is 23.1 Å². The first-order chi connectivity index (χ1) is 8.70. The summed E-state index contributed by atoms with van der Waals surface area (Å²) in [6.07, 6.45) is 5.90. The van der Waals surface area contributed by atoms with Gasteiger partial charge >= 0.3 is 0 Å². The highest BCUT2D eigenvalue weighted by Crippen LogP contribution is 2.23. The van der Waals surface area contributed by atoms with E-state index in [1.807, 2.05) is 6.07 Å². The number of hydrazine groups is 1. The molecule has 1 atom stereocenters. The average molecular weight is 328 g/mol. The molecule has 3 N–H and O–H groups in total. The van der Waals surface area contributed by atoms with Gasteiger partial charge in [-0.05, 0) is 46.1 Å². The summed E-state index contributed by atoms with van der Waals surface area (Å²) in [7, 11) is 0. The van der Waals surface area contributed by atoms with Crippen LogP contribution in [0.3, 0.4) is 0 Å². The Labute approximate surface area is 119 Å². The van der Waals surface area contributed by atoms with Gasteiger partial charge in [0.25, 0.3) is 0 Å². The fraction of sp³-hybridized carbons (Fsp3) is 0.167. The number of nitrogens with zero attached hydrogens (tertiary/aromatic N) is 2. The van der Waals surface area contributed by atoms with Crippen LogP contribution >= 0.6 is 27.5 Å². The van der Waals surface area contributed by atoms with Crippen molar-refractivity contribution >= 4 is 27.5 Å². The smallest absolute Gasteiger partial charge is 0.0775 e. The van der Waals surface area contributed by atoms with Crippen LogP contribution in [0.5, 0.6) is 0 Å². The summed E-state index contributed by atoms with van der Waals surface area (Å²) in [5.41, 5.74) is 4.52. The third-order valence-electron chi connectivity index (χ3n) is 2.52. The van der Waals surface area contributed by atoms with Crippen molar-refractivity contribution in [3.63, 3.8) is 0 Å². The summed E-state index contributed by atoms with van der Waals surface area (Å²) in [5.74, 6) is 5.58. The van der Waals surface area contributed by atoms with Crippen molar-refractivity contribution < 1.29 is 0 Å². The zero-order valence-corrected chi connectivity index (χ0v) is 11.8. The molecule has 1 unspecified atom stereocenters. The van der Waals surface area contributed by atoms with Crippen molar-refractivity contribution in [2.45, 2.75) is 12.5 Å². The van der Waals surface area contributed by atoms with Crippen molar-refractivity contribution in [2.75, 3.05) is 0 Å². The van der Waals surface area contributed by atoms with Gasteiger partial charge in [-0.15, -0.1) is 0 Å². The molecule has 0 aliphatic carbocycles. The molecule has 94 valence electrons. The van der Waals surface area contributed by atoms with Gasteiger partial charge in [-0.1, -0.05) is 11.6 Å². The van der Waals surface area contributed by atoms with E-state index in [0.29, 0.717) is 11.4 Å². The van der Waals surface area contributed by atoms with Crippen LogP contribution in [0.1, 0.15) is 17.3 Å². The van der Waals surface area contributed by atoms with Gasteiger partial charge in [-0.25, -0.2) is 0 Å². The zero-order chi connectivity index (χ0) is 13.0. The van der Waals surface area contributed by atoms with Gasteiger partial charge < -0.3 is 0 Å². The largest absolute Gasteiger partial charge is 0.271 e. The number of rotatable bonds is 4. The van der Waals surface area contributed by atoms with Crippen LogP contribution in [0.2, 0.25) is 5.02 Å². The number of halogens is 2. The second-order valence-electron chi connectivity index (χ2n) is 3.81. The maximum absolute atomic E-state index is 6.11. The first kappa shape index (κ1) is 13.4. The molecule has 0 aliphatic rings. The summed E-state index contributed by atoms with van der Waals surface area (Å²) in [4.78, 5) is 8.38. The van der Waals surface area contributed by atoms with Crippen molar-refractivity contribution in [2.24, 2.45) is 5.84 Å². The van der Waals surface area contributed by atoms with Gasteiger partial charge in [-0.3, -0.25) is 21.2 Å². The predicted molar refractivity (Wildman–Crippen MR) is 75.0 cm³/mol. The Kier molecular flexibility index (Phi) is 4.66. The minimum Gasteiger partial charge on any atom is -0.271 e. The molecule has 2 aromatic heterocycles. The second-order valence-corrected chi connectivity index (χ2v) is 5.13. The first-order valence-corrected chi connectivity index (χ1v) is 6.54. The molecule has 18 heavy (non-hydrogen) atoms. The number of nitrogens with one attached hydrogen (secondary N) is 1. The number of pyridine rings is 2. The molecule has 2 heterocycles. The molecule has 4 nitrogen and oxygen atoms in total. The first-order valence-electron chi connectivity index (χ1n) is 5.36. The van der Waals surface area contributed by atoms with E-state index >= 15 is 0 Å². The lowest BCUT2D eigenvalue weighted by Crippen LogP contribution is -2.30. The highest BCUT2D eigenvalue weighted by Gasteiger charge is 2.15. The average Bonchev–Trinajstić information content (AvgIpc) is 2.37. The fourth-order valence-electron chi connectivity index (χ4n) is 1.69. The number of hydrogen-bond acceptors (Lipinski definition) is 4. The maximum atomic E-state index is 6.11. The molecule has 0 aliphatic heterocycles. The maximum Gasteiger partial charge on any atom is 0.0775 e. The lowest BCUT2D eigenvalue weighted by Gasteiger charge is -2.16. The summed E-state index contributed by atoms with van der Waals surface area (Å²) in [5, 5.41) is 0.600. The third kappa shape index (κ3) is 3.26. The van der Waals surface area contributed by atoms with Crippen molar-refractivity contribution in [1.29, 1.82) is 0 Å². The molecule has 0 amide bonds. The Morgan fingerprint density at radius 3 is 2.94 bits per heavy atom. The molecular formula is C12H12BrClN4. The molecule has 0 saturated carbocycles. The Bertz CT molecular complexity index is 535. The van der Waals surface area contributed by atoms with E-state index in [-0.39, 0.29) is 6.04 Å². The van der Waals surface area contributed by atoms with Crippen LogP contribution in [-0.2, 0) is 6.42 Å². The second kappa shape index (κ2) is 6.24.